The van der Waals surface area contributed by atoms with Crippen LogP contribution in [0.1, 0.15) is 36.6 Å². The molecule has 0 aromatic carbocycles. The van der Waals surface area contributed by atoms with Gasteiger partial charge in [-0.2, -0.15) is 5.10 Å². The molecule has 0 atom stereocenters. The summed E-state index contributed by atoms with van der Waals surface area (Å²) in [5.41, 5.74) is 8.53. The van der Waals surface area contributed by atoms with Crippen molar-refractivity contribution in [2.24, 2.45) is 0 Å². The summed E-state index contributed by atoms with van der Waals surface area (Å²) in [5, 5.41) is 7.81. The molecular weight excluding hydrogens is 176 g/mol. The van der Waals surface area contributed by atoms with Gasteiger partial charge in [0.2, 0.25) is 0 Å². The maximum Gasteiger partial charge on any atom is 0.150 e. The van der Waals surface area contributed by atoms with E-state index in [1.807, 2.05) is 0 Å². The van der Waals surface area contributed by atoms with Crippen LogP contribution in [0.2, 0.25) is 0 Å². The summed E-state index contributed by atoms with van der Waals surface area (Å²) < 4.78 is 2.19. The highest BCUT2D eigenvalue weighted by Crippen LogP contribution is 2.34. The van der Waals surface area contributed by atoms with Gasteiger partial charge in [0, 0.05) is 30.8 Å². The van der Waals surface area contributed by atoms with Gasteiger partial charge in [0.25, 0.3) is 0 Å². The molecule has 1 aromatic rings. The van der Waals surface area contributed by atoms with Crippen LogP contribution in [0.5, 0.6) is 0 Å². The van der Waals surface area contributed by atoms with Gasteiger partial charge in [-0.05, 0) is 19.3 Å². The topological polar surface area (TPSA) is 55.9 Å². The maximum absolute atomic E-state index is 5.91. The Morgan fingerprint density at radius 1 is 1.43 bits per heavy atom. The third kappa shape index (κ3) is 1.07. The number of aromatic nitrogens is 2. The largest absolute Gasteiger partial charge is 0.382 e. The highest BCUT2D eigenvalue weighted by Gasteiger charge is 2.26. The van der Waals surface area contributed by atoms with Crippen molar-refractivity contribution >= 4 is 5.82 Å². The fourth-order valence-corrected chi connectivity index (χ4v) is 2.33. The Labute approximate surface area is 83.5 Å². The van der Waals surface area contributed by atoms with Gasteiger partial charge in [0.05, 0.1) is 6.04 Å². The summed E-state index contributed by atoms with van der Waals surface area (Å²) in [6, 6.07) is 0.638. The van der Waals surface area contributed by atoms with Crippen molar-refractivity contribution in [3.63, 3.8) is 0 Å². The SMILES string of the molecule is Nc1nn(C2CCC2)c2c1CNCC2. The second-order valence-corrected chi connectivity index (χ2v) is 4.27. The van der Waals surface area contributed by atoms with E-state index in [0.717, 1.165) is 25.3 Å². The van der Waals surface area contributed by atoms with E-state index in [1.165, 1.54) is 30.5 Å². The van der Waals surface area contributed by atoms with Gasteiger partial charge in [0.15, 0.2) is 0 Å². The number of hydrogen-bond donors (Lipinski definition) is 2. The highest BCUT2D eigenvalue weighted by molar-refractivity contribution is 5.44. The van der Waals surface area contributed by atoms with Crippen LogP contribution in [-0.2, 0) is 13.0 Å². The number of hydrogen-bond acceptors (Lipinski definition) is 3. The first-order valence-corrected chi connectivity index (χ1v) is 5.42. The van der Waals surface area contributed by atoms with E-state index in [-0.39, 0.29) is 0 Å². The van der Waals surface area contributed by atoms with Gasteiger partial charge in [-0.1, -0.05) is 0 Å². The maximum atomic E-state index is 5.91. The number of rotatable bonds is 1. The quantitative estimate of drug-likeness (QED) is 0.693. The van der Waals surface area contributed by atoms with Crippen LogP contribution in [0.3, 0.4) is 0 Å². The van der Waals surface area contributed by atoms with Crippen LogP contribution in [-0.4, -0.2) is 16.3 Å². The summed E-state index contributed by atoms with van der Waals surface area (Å²) in [4.78, 5) is 0. The van der Waals surface area contributed by atoms with E-state index in [1.54, 1.807) is 0 Å². The summed E-state index contributed by atoms with van der Waals surface area (Å²) in [6.07, 6.45) is 4.98. The molecule has 76 valence electrons. The molecule has 0 radical (unpaired) electrons. The third-order valence-electron chi connectivity index (χ3n) is 3.41. The minimum atomic E-state index is 0.638. The Bertz CT molecular complexity index is 351. The molecule has 3 rings (SSSR count). The lowest BCUT2D eigenvalue weighted by molar-refractivity contribution is 0.281. The molecule has 1 aliphatic heterocycles. The predicted octanol–water partition coefficient (Wildman–Crippen LogP) is 0.836. The van der Waals surface area contributed by atoms with Crippen molar-refractivity contribution in [2.45, 2.75) is 38.3 Å². The van der Waals surface area contributed by atoms with Crippen LogP contribution >= 0.6 is 0 Å². The average molecular weight is 192 g/mol. The molecule has 0 spiro atoms. The molecule has 0 amide bonds. The molecule has 4 nitrogen and oxygen atoms in total. The molecule has 1 fully saturated rings. The Hall–Kier alpha value is -1.03. The minimum absolute atomic E-state index is 0.638. The molecule has 0 bridgehead atoms. The second kappa shape index (κ2) is 2.98. The Morgan fingerprint density at radius 2 is 2.29 bits per heavy atom. The first kappa shape index (κ1) is 8.29. The lowest BCUT2D eigenvalue weighted by atomic mass is 9.92. The highest BCUT2D eigenvalue weighted by atomic mass is 15.3. The normalized spacial score (nSPS) is 21.7. The molecule has 0 saturated heterocycles. The van der Waals surface area contributed by atoms with E-state index in [9.17, 15) is 0 Å². The van der Waals surface area contributed by atoms with Crippen molar-refractivity contribution in [3.8, 4) is 0 Å². The molecule has 2 aliphatic rings. The van der Waals surface area contributed by atoms with Crippen molar-refractivity contribution in [1.82, 2.24) is 15.1 Å². The van der Waals surface area contributed by atoms with Crippen LogP contribution < -0.4 is 11.1 Å². The fourth-order valence-electron chi connectivity index (χ4n) is 2.33. The lowest BCUT2D eigenvalue weighted by Crippen LogP contribution is -2.27. The van der Waals surface area contributed by atoms with Crippen LogP contribution in [0.25, 0.3) is 0 Å². The molecule has 0 unspecified atom stereocenters. The van der Waals surface area contributed by atoms with E-state index in [2.05, 4.69) is 15.1 Å². The molecular formula is C10H16N4. The van der Waals surface area contributed by atoms with E-state index in [0.29, 0.717) is 6.04 Å². The summed E-state index contributed by atoms with van der Waals surface area (Å²) in [5.74, 6) is 0.735. The average Bonchev–Trinajstić information content (AvgIpc) is 2.43. The number of fused-ring (bicyclic) bond motifs is 1. The lowest BCUT2D eigenvalue weighted by Gasteiger charge is -2.28. The summed E-state index contributed by atoms with van der Waals surface area (Å²) in [6.45, 7) is 1.96. The first-order valence-electron chi connectivity index (χ1n) is 5.42. The summed E-state index contributed by atoms with van der Waals surface area (Å²) >= 11 is 0. The van der Waals surface area contributed by atoms with Gasteiger partial charge in [-0.15, -0.1) is 0 Å². The van der Waals surface area contributed by atoms with Crippen molar-refractivity contribution in [2.75, 3.05) is 12.3 Å². The fraction of sp³-hybridized carbons (Fsp3) is 0.700. The van der Waals surface area contributed by atoms with Gasteiger partial charge in [-0.3, -0.25) is 4.68 Å². The molecule has 14 heavy (non-hydrogen) atoms. The zero-order chi connectivity index (χ0) is 9.54. The zero-order valence-corrected chi connectivity index (χ0v) is 8.29. The van der Waals surface area contributed by atoms with Crippen LogP contribution in [0.4, 0.5) is 5.82 Å². The smallest absolute Gasteiger partial charge is 0.150 e. The number of nitrogens with zero attached hydrogens (tertiary/aromatic N) is 2. The van der Waals surface area contributed by atoms with Gasteiger partial charge in [0.1, 0.15) is 5.82 Å². The number of nitrogen functional groups attached to an aromatic ring is 1. The zero-order valence-electron chi connectivity index (χ0n) is 8.29. The third-order valence-corrected chi connectivity index (χ3v) is 3.41. The number of nitrogens with two attached hydrogens (primary N) is 1. The molecule has 1 saturated carbocycles. The van der Waals surface area contributed by atoms with E-state index < -0.39 is 0 Å². The Balaban J connectivity index is 2.02. The molecule has 1 aliphatic carbocycles. The number of nitrogens with one attached hydrogen (secondary N) is 1. The molecule has 3 N–H and O–H groups in total. The number of anilines is 1. The van der Waals surface area contributed by atoms with E-state index >= 15 is 0 Å². The molecule has 2 heterocycles. The first-order chi connectivity index (χ1) is 6.86. The molecule has 4 heteroatoms. The molecule has 1 aromatic heterocycles. The Kier molecular flexibility index (Phi) is 1.77. The van der Waals surface area contributed by atoms with Crippen LogP contribution in [0, 0.1) is 0 Å². The van der Waals surface area contributed by atoms with E-state index in [4.69, 9.17) is 5.73 Å². The van der Waals surface area contributed by atoms with Gasteiger partial charge >= 0.3 is 0 Å². The van der Waals surface area contributed by atoms with Crippen molar-refractivity contribution in [1.29, 1.82) is 0 Å². The van der Waals surface area contributed by atoms with Crippen molar-refractivity contribution in [3.05, 3.63) is 11.3 Å². The standard InChI is InChI=1S/C10H16N4/c11-10-8-6-12-5-4-9(8)14(13-10)7-2-1-3-7/h7,12H,1-6H2,(H2,11,13). The van der Waals surface area contributed by atoms with Gasteiger partial charge < -0.3 is 11.1 Å². The minimum Gasteiger partial charge on any atom is -0.382 e. The monoisotopic (exact) mass is 192 g/mol. The van der Waals surface area contributed by atoms with Crippen LogP contribution in [0.15, 0.2) is 0 Å². The predicted molar refractivity (Wildman–Crippen MR) is 54.9 cm³/mol. The Morgan fingerprint density at radius 3 is 3.00 bits per heavy atom. The van der Waals surface area contributed by atoms with Gasteiger partial charge in [-0.25, -0.2) is 0 Å². The van der Waals surface area contributed by atoms with Crippen molar-refractivity contribution < 1.29 is 0 Å². The summed E-state index contributed by atoms with van der Waals surface area (Å²) in [7, 11) is 0. The second-order valence-electron chi connectivity index (χ2n) is 4.27.